The van der Waals surface area contributed by atoms with Crippen LogP contribution in [0.1, 0.15) is 25.0 Å². The number of anilines is 1. The van der Waals surface area contributed by atoms with Gasteiger partial charge in [0.05, 0.1) is 22.8 Å². The van der Waals surface area contributed by atoms with Crippen LogP contribution in [0.25, 0.3) is 10.9 Å². The Bertz CT molecular complexity index is 1380. The fraction of sp³-hybridized carbons (Fsp3) is 0.478. The molecule has 204 valence electrons. The molecular weight excluding hydrogens is 542 g/mol. The van der Waals surface area contributed by atoms with Gasteiger partial charge >= 0.3 is 12.5 Å². The van der Waals surface area contributed by atoms with Crippen molar-refractivity contribution in [3.63, 3.8) is 0 Å². The Kier molecular flexibility index (Phi) is 6.56. The van der Waals surface area contributed by atoms with Gasteiger partial charge in [-0.3, -0.25) is 9.78 Å². The largest absolute Gasteiger partial charge is 0.573 e. The molecule has 3 aromatic rings. The molecule has 1 fully saturated rings. The zero-order chi connectivity index (χ0) is 27.4. The Hall–Kier alpha value is -3.29. The van der Waals surface area contributed by atoms with E-state index in [2.05, 4.69) is 19.9 Å². The highest BCUT2D eigenvalue weighted by Crippen LogP contribution is 2.39. The fourth-order valence-electron chi connectivity index (χ4n) is 5.16. The number of hydrogen-bond acceptors (Lipinski definition) is 6. The van der Waals surface area contributed by atoms with Crippen LogP contribution in [0.3, 0.4) is 0 Å². The number of piperidine rings is 1. The lowest BCUT2D eigenvalue weighted by atomic mass is 9.85. The van der Waals surface area contributed by atoms with Gasteiger partial charge in [-0.1, -0.05) is 18.5 Å². The Morgan fingerprint density at radius 1 is 1.11 bits per heavy atom. The van der Waals surface area contributed by atoms with Crippen molar-refractivity contribution >= 4 is 34.1 Å². The first-order chi connectivity index (χ1) is 17.8. The monoisotopic (exact) mass is 562 g/mol. The van der Waals surface area contributed by atoms with Gasteiger partial charge in [0.2, 0.25) is 11.7 Å². The molecule has 1 amide bonds. The van der Waals surface area contributed by atoms with Gasteiger partial charge in [-0.05, 0) is 24.5 Å². The first kappa shape index (κ1) is 26.3. The summed E-state index contributed by atoms with van der Waals surface area (Å²) in [5.74, 6) is -2.07. The van der Waals surface area contributed by atoms with E-state index >= 15 is 0 Å². The number of aromatic nitrogens is 4. The summed E-state index contributed by atoms with van der Waals surface area (Å²) in [6.45, 7) is 2.77. The average Bonchev–Trinajstić information content (AvgIpc) is 3.27. The molecule has 0 aliphatic carbocycles. The SMILES string of the molecule is C[C@@H]1CN(c2c(Cl)cnc3cc(OC(F)(F)F)ccc23)CC[C@@H]1C(=O)N1CCn2c(nnc2C(F)(F)F)C1. The lowest BCUT2D eigenvalue weighted by Gasteiger charge is -2.40. The van der Waals surface area contributed by atoms with Gasteiger partial charge in [-0.2, -0.15) is 13.2 Å². The standard InChI is InChI=1S/C23H21ClF6N6O2/c1-12-10-34(19-15-3-2-13(38-23(28,29)30)8-17(15)31-9-16(19)24)5-4-14(12)20(37)35-6-7-36-18(11-35)32-33-21(36)22(25,26)27/h2-3,8-9,12,14H,4-7,10-11H2,1H3/t12-,14+/m1/s1. The minimum absolute atomic E-state index is 0.0468. The topological polar surface area (TPSA) is 76.4 Å². The molecule has 8 nitrogen and oxygen atoms in total. The van der Waals surface area contributed by atoms with E-state index in [9.17, 15) is 31.1 Å². The summed E-state index contributed by atoms with van der Waals surface area (Å²) >= 11 is 6.45. The van der Waals surface area contributed by atoms with Crippen molar-refractivity contribution in [3.05, 3.63) is 41.1 Å². The number of alkyl halides is 6. The molecule has 38 heavy (non-hydrogen) atoms. The molecule has 0 unspecified atom stereocenters. The van der Waals surface area contributed by atoms with Crippen LogP contribution in [0.2, 0.25) is 5.02 Å². The molecule has 2 aliphatic rings. The Labute approximate surface area is 217 Å². The molecule has 0 radical (unpaired) electrons. The second kappa shape index (κ2) is 9.47. The molecule has 0 saturated carbocycles. The maximum Gasteiger partial charge on any atom is 0.573 e. The van der Waals surface area contributed by atoms with E-state index in [4.69, 9.17) is 11.6 Å². The van der Waals surface area contributed by atoms with Crippen LogP contribution in [0.5, 0.6) is 5.75 Å². The minimum atomic E-state index is -4.84. The van der Waals surface area contributed by atoms with Gasteiger partial charge in [0.25, 0.3) is 0 Å². The molecule has 1 aromatic carbocycles. The van der Waals surface area contributed by atoms with Gasteiger partial charge in [0.1, 0.15) is 5.75 Å². The number of hydrogen-bond donors (Lipinski definition) is 0. The first-order valence-corrected chi connectivity index (χ1v) is 12.1. The number of carbonyl (C=O) groups is 1. The highest BCUT2D eigenvalue weighted by Gasteiger charge is 2.41. The van der Waals surface area contributed by atoms with Crippen LogP contribution < -0.4 is 9.64 Å². The minimum Gasteiger partial charge on any atom is -0.406 e. The number of rotatable bonds is 3. The zero-order valence-electron chi connectivity index (χ0n) is 19.9. The van der Waals surface area contributed by atoms with E-state index in [0.717, 1.165) is 4.57 Å². The van der Waals surface area contributed by atoms with Crippen LogP contribution in [0, 0.1) is 11.8 Å². The van der Waals surface area contributed by atoms with Crippen molar-refractivity contribution in [1.29, 1.82) is 0 Å². The van der Waals surface area contributed by atoms with E-state index in [1.54, 1.807) is 0 Å². The normalized spacial score (nSPS) is 20.5. The second-order valence-electron chi connectivity index (χ2n) is 9.35. The summed E-state index contributed by atoms with van der Waals surface area (Å²) in [5, 5.41) is 7.74. The van der Waals surface area contributed by atoms with Gasteiger partial charge in [0.15, 0.2) is 5.82 Å². The maximum atomic E-state index is 13.3. The van der Waals surface area contributed by atoms with E-state index in [0.29, 0.717) is 35.6 Å². The maximum absolute atomic E-state index is 13.3. The van der Waals surface area contributed by atoms with Gasteiger partial charge < -0.3 is 19.1 Å². The molecule has 2 aliphatic heterocycles. The summed E-state index contributed by atoms with van der Waals surface area (Å²) in [6.07, 6.45) is -7.65. The van der Waals surface area contributed by atoms with E-state index in [-0.39, 0.29) is 48.7 Å². The molecule has 5 rings (SSSR count). The van der Waals surface area contributed by atoms with Crippen molar-refractivity contribution in [2.45, 2.75) is 39.0 Å². The van der Waals surface area contributed by atoms with Gasteiger partial charge in [0, 0.05) is 49.7 Å². The van der Waals surface area contributed by atoms with Crippen LogP contribution in [-0.2, 0) is 24.1 Å². The Balaban J connectivity index is 1.31. The summed E-state index contributed by atoms with van der Waals surface area (Å²) in [5.41, 5.74) is 0.867. The quantitative estimate of drug-likeness (QED) is 0.423. The number of nitrogens with zero attached hydrogens (tertiary/aromatic N) is 6. The predicted molar refractivity (Wildman–Crippen MR) is 123 cm³/mol. The van der Waals surface area contributed by atoms with Gasteiger partial charge in [-0.15, -0.1) is 23.4 Å². The lowest BCUT2D eigenvalue weighted by molar-refractivity contribution is -0.274. The van der Waals surface area contributed by atoms with E-state index < -0.39 is 24.1 Å². The number of amides is 1. The van der Waals surface area contributed by atoms with Crippen molar-refractivity contribution in [1.82, 2.24) is 24.6 Å². The van der Waals surface area contributed by atoms with E-state index in [1.807, 2.05) is 11.8 Å². The summed E-state index contributed by atoms with van der Waals surface area (Å²) in [4.78, 5) is 21.0. The van der Waals surface area contributed by atoms with Crippen LogP contribution >= 0.6 is 11.6 Å². The summed E-state index contributed by atoms with van der Waals surface area (Å²) in [6, 6.07) is 3.84. The molecule has 2 aromatic heterocycles. The van der Waals surface area contributed by atoms with Crippen molar-refractivity contribution in [2.75, 3.05) is 24.5 Å². The molecular formula is C23H21ClF6N6O2. The fourth-order valence-corrected chi connectivity index (χ4v) is 5.43. The predicted octanol–water partition coefficient (Wildman–Crippen LogP) is 4.90. The number of fused-ring (bicyclic) bond motifs is 2. The smallest absolute Gasteiger partial charge is 0.406 e. The number of carbonyl (C=O) groups excluding carboxylic acids is 1. The highest BCUT2D eigenvalue weighted by molar-refractivity contribution is 6.34. The highest BCUT2D eigenvalue weighted by atomic mass is 35.5. The Morgan fingerprint density at radius 3 is 2.55 bits per heavy atom. The third-order valence-corrected chi connectivity index (χ3v) is 7.13. The molecule has 4 heterocycles. The van der Waals surface area contributed by atoms with Crippen LogP contribution in [0.4, 0.5) is 32.0 Å². The van der Waals surface area contributed by atoms with Crippen molar-refractivity contribution < 1.29 is 35.9 Å². The lowest BCUT2D eigenvalue weighted by Crippen LogP contribution is -2.49. The number of ether oxygens (including phenoxy) is 1. The molecule has 0 N–H and O–H groups in total. The van der Waals surface area contributed by atoms with Crippen LogP contribution in [0.15, 0.2) is 24.4 Å². The molecule has 2 atom stereocenters. The average molecular weight is 563 g/mol. The molecule has 0 spiro atoms. The zero-order valence-corrected chi connectivity index (χ0v) is 20.6. The molecule has 1 saturated heterocycles. The second-order valence-corrected chi connectivity index (χ2v) is 9.76. The van der Waals surface area contributed by atoms with Crippen LogP contribution in [-0.4, -0.2) is 56.6 Å². The summed E-state index contributed by atoms with van der Waals surface area (Å²) < 4.78 is 82.2. The van der Waals surface area contributed by atoms with E-state index in [1.165, 1.54) is 29.3 Å². The number of benzene rings is 1. The first-order valence-electron chi connectivity index (χ1n) is 11.7. The molecule has 0 bridgehead atoms. The van der Waals surface area contributed by atoms with Gasteiger partial charge in [-0.25, -0.2) is 0 Å². The Morgan fingerprint density at radius 2 is 1.87 bits per heavy atom. The summed E-state index contributed by atoms with van der Waals surface area (Å²) in [7, 11) is 0. The third kappa shape index (κ3) is 5.05. The number of halogens is 7. The number of pyridine rings is 1. The van der Waals surface area contributed by atoms with Crippen molar-refractivity contribution in [2.24, 2.45) is 11.8 Å². The molecule has 15 heteroatoms. The van der Waals surface area contributed by atoms with Crippen molar-refractivity contribution in [3.8, 4) is 5.75 Å². The third-order valence-electron chi connectivity index (χ3n) is 6.86.